The Morgan fingerprint density at radius 3 is 2.15 bits per heavy atom. The van der Waals surface area contributed by atoms with E-state index in [1.54, 1.807) is 36.4 Å². The van der Waals surface area contributed by atoms with Crippen molar-refractivity contribution in [3.8, 4) is 11.5 Å². The van der Waals surface area contributed by atoms with Crippen LogP contribution in [0.2, 0.25) is 0 Å². The molecule has 4 atom stereocenters. The van der Waals surface area contributed by atoms with Crippen LogP contribution in [-0.2, 0) is 14.3 Å². The molecule has 2 aromatic carbocycles. The molecule has 1 fully saturated rings. The predicted octanol–water partition coefficient (Wildman–Crippen LogP) is 3.07. The van der Waals surface area contributed by atoms with Crippen LogP contribution >= 0.6 is 0 Å². The predicted molar refractivity (Wildman–Crippen MR) is 94.0 cm³/mol. The Labute approximate surface area is 150 Å². The number of carboxylic acids is 1. The van der Waals surface area contributed by atoms with E-state index in [1.807, 2.05) is 30.3 Å². The third-order valence-electron chi connectivity index (χ3n) is 4.59. The van der Waals surface area contributed by atoms with Gasteiger partial charge in [0, 0.05) is 5.69 Å². The summed E-state index contributed by atoms with van der Waals surface area (Å²) in [6.07, 6.45) is 2.45. The number of rotatable bonds is 5. The summed E-state index contributed by atoms with van der Waals surface area (Å²) in [7, 11) is 0. The van der Waals surface area contributed by atoms with Crippen LogP contribution in [0.15, 0.2) is 66.7 Å². The van der Waals surface area contributed by atoms with Crippen molar-refractivity contribution in [3.63, 3.8) is 0 Å². The quantitative estimate of drug-likeness (QED) is 0.809. The Bertz CT molecular complexity index is 846. The fourth-order valence-corrected chi connectivity index (χ4v) is 3.37. The number of hydrogen-bond acceptors (Lipinski definition) is 4. The number of carbonyl (C=O) groups is 2. The zero-order valence-electron chi connectivity index (χ0n) is 13.7. The summed E-state index contributed by atoms with van der Waals surface area (Å²) >= 11 is 0. The minimum absolute atomic E-state index is 0.356. The highest BCUT2D eigenvalue weighted by Crippen LogP contribution is 2.40. The van der Waals surface area contributed by atoms with Crippen LogP contribution in [0.4, 0.5) is 5.69 Å². The highest BCUT2D eigenvalue weighted by Gasteiger charge is 2.53. The van der Waals surface area contributed by atoms with E-state index in [1.165, 1.54) is 0 Å². The van der Waals surface area contributed by atoms with Gasteiger partial charge >= 0.3 is 5.97 Å². The molecule has 0 aromatic heterocycles. The van der Waals surface area contributed by atoms with Gasteiger partial charge < -0.3 is 19.9 Å². The first-order valence-electron chi connectivity index (χ1n) is 8.32. The number of hydrogen-bond donors (Lipinski definition) is 2. The van der Waals surface area contributed by atoms with E-state index in [9.17, 15) is 14.7 Å². The molecule has 1 amide bonds. The van der Waals surface area contributed by atoms with Gasteiger partial charge in [-0.2, -0.15) is 0 Å². The van der Waals surface area contributed by atoms with Gasteiger partial charge in [-0.15, -0.1) is 0 Å². The summed E-state index contributed by atoms with van der Waals surface area (Å²) in [6, 6.07) is 16.3. The number of para-hydroxylation sites is 1. The van der Waals surface area contributed by atoms with Crippen molar-refractivity contribution in [2.75, 3.05) is 5.32 Å². The molecule has 2 aliphatic heterocycles. The Hall–Kier alpha value is -3.12. The molecule has 0 aliphatic carbocycles. The molecule has 1 saturated heterocycles. The Kier molecular flexibility index (Phi) is 4.18. The molecule has 6 heteroatoms. The second-order valence-electron chi connectivity index (χ2n) is 6.27. The number of nitrogens with one attached hydrogen (secondary N) is 1. The third-order valence-corrected chi connectivity index (χ3v) is 4.59. The second-order valence-corrected chi connectivity index (χ2v) is 6.27. The van der Waals surface area contributed by atoms with E-state index in [0.717, 1.165) is 5.75 Å². The number of benzene rings is 2. The van der Waals surface area contributed by atoms with Crippen molar-refractivity contribution in [1.29, 1.82) is 0 Å². The maximum Gasteiger partial charge on any atom is 0.310 e. The fourth-order valence-electron chi connectivity index (χ4n) is 3.37. The van der Waals surface area contributed by atoms with Crippen LogP contribution in [0.1, 0.15) is 0 Å². The van der Waals surface area contributed by atoms with Crippen molar-refractivity contribution in [2.45, 2.75) is 12.2 Å². The van der Waals surface area contributed by atoms with Crippen molar-refractivity contribution in [1.82, 2.24) is 0 Å². The highest BCUT2D eigenvalue weighted by atomic mass is 16.5. The summed E-state index contributed by atoms with van der Waals surface area (Å²) in [5.74, 6) is -1.60. The Morgan fingerprint density at radius 2 is 1.50 bits per heavy atom. The lowest BCUT2D eigenvalue weighted by molar-refractivity contribution is -0.145. The standard InChI is InChI=1S/C20H17NO5/c22-19(17-15-10-11-16(26-15)18(17)20(23)24)21-12-6-8-14(9-7-12)25-13-4-2-1-3-5-13/h1-11,15-18H,(H,21,22)(H,23,24)/t15-,16-,17+,18-/m0/s1. The SMILES string of the molecule is O=C(O)[C@@H]1[C@H](C(=O)Nc2ccc(Oc3ccccc3)cc2)[C@@H]2C=C[C@@H]1O2. The summed E-state index contributed by atoms with van der Waals surface area (Å²) in [5, 5.41) is 12.2. The molecule has 2 aromatic rings. The monoisotopic (exact) mass is 351 g/mol. The maximum absolute atomic E-state index is 12.6. The van der Waals surface area contributed by atoms with Crippen LogP contribution in [0.3, 0.4) is 0 Å². The summed E-state index contributed by atoms with van der Waals surface area (Å²) < 4.78 is 11.2. The van der Waals surface area contributed by atoms with Gasteiger partial charge in [-0.1, -0.05) is 30.4 Å². The van der Waals surface area contributed by atoms with Gasteiger partial charge in [0.1, 0.15) is 17.4 Å². The van der Waals surface area contributed by atoms with Gasteiger partial charge in [-0.05, 0) is 36.4 Å². The lowest BCUT2D eigenvalue weighted by Crippen LogP contribution is -2.39. The molecular formula is C20H17NO5. The average Bonchev–Trinajstić information content (AvgIpc) is 3.25. The van der Waals surface area contributed by atoms with Gasteiger partial charge in [-0.25, -0.2) is 0 Å². The van der Waals surface area contributed by atoms with E-state index < -0.39 is 30.0 Å². The fraction of sp³-hybridized carbons (Fsp3) is 0.200. The molecule has 2 bridgehead atoms. The van der Waals surface area contributed by atoms with E-state index >= 15 is 0 Å². The summed E-state index contributed by atoms with van der Waals surface area (Å²) in [5.41, 5.74) is 0.575. The highest BCUT2D eigenvalue weighted by molar-refractivity contribution is 5.96. The first-order chi connectivity index (χ1) is 12.6. The topological polar surface area (TPSA) is 84.9 Å². The number of carboxylic acid groups (broad SMARTS) is 1. The third kappa shape index (κ3) is 3.07. The van der Waals surface area contributed by atoms with E-state index in [-0.39, 0.29) is 5.91 Å². The molecule has 0 saturated carbocycles. The minimum atomic E-state index is -1.02. The lowest BCUT2D eigenvalue weighted by atomic mass is 9.82. The summed E-state index contributed by atoms with van der Waals surface area (Å²) in [4.78, 5) is 24.0. The summed E-state index contributed by atoms with van der Waals surface area (Å²) in [6.45, 7) is 0. The van der Waals surface area contributed by atoms with Crippen LogP contribution in [-0.4, -0.2) is 29.2 Å². The van der Waals surface area contributed by atoms with Crippen molar-refractivity contribution < 1.29 is 24.2 Å². The van der Waals surface area contributed by atoms with Gasteiger partial charge in [0.05, 0.1) is 18.1 Å². The molecule has 6 nitrogen and oxygen atoms in total. The van der Waals surface area contributed by atoms with Crippen LogP contribution in [0, 0.1) is 11.8 Å². The average molecular weight is 351 g/mol. The van der Waals surface area contributed by atoms with Crippen LogP contribution < -0.4 is 10.1 Å². The zero-order valence-corrected chi connectivity index (χ0v) is 13.7. The van der Waals surface area contributed by atoms with Crippen molar-refractivity contribution in [3.05, 3.63) is 66.7 Å². The molecule has 26 heavy (non-hydrogen) atoms. The maximum atomic E-state index is 12.6. The molecule has 4 rings (SSSR count). The molecule has 2 N–H and O–H groups in total. The molecular weight excluding hydrogens is 334 g/mol. The lowest BCUT2D eigenvalue weighted by Gasteiger charge is -2.21. The first-order valence-corrected chi connectivity index (χ1v) is 8.32. The minimum Gasteiger partial charge on any atom is -0.481 e. The number of ether oxygens (including phenoxy) is 2. The number of anilines is 1. The van der Waals surface area contributed by atoms with Crippen LogP contribution in [0.5, 0.6) is 11.5 Å². The molecule has 2 heterocycles. The van der Waals surface area contributed by atoms with Gasteiger partial charge in [0.15, 0.2) is 0 Å². The normalized spacial score (nSPS) is 25.8. The molecule has 0 radical (unpaired) electrons. The number of amides is 1. The van der Waals surface area contributed by atoms with Gasteiger partial charge in [0.25, 0.3) is 0 Å². The van der Waals surface area contributed by atoms with Crippen LogP contribution in [0.25, 0.3) is 0 Å². The van der Waals surface area contributed by atoms with E-state index in [0.29, 0.717) is 11.4 Å². The van der Waals surface area contributed by atoms with E-state index in [2.05, 4.69) is 5.32 Å². The Balaban J connectivity index is 1.43. The molecule has 132 valence electrons. The number of carbonyl (C=O) groups excluding carboxylic acids is 1. The Morgan fingerprint density at radius 1 is 0.885 bits per heavy atom. The van der Waals surface area contributed by atoms with E-state index in [4.69, 9.17) is 9.47 Å². The smallest absolute Gasteiger partial charge is 0.310 e. The van der Waals surface area contributed by atoms with Crippen molar-refractivity contribution >= 4 is 17.6 Å². The zero-order chi connectivity index (χ0) is 18.1. The van der Waals surface area contributed by atoms with Gasteiger partial charge in [-0.3, -0.25) is 9.59 Å². The van der Waals surface area contributed by atoms with Gasteiger partial charge in [0.2, 0.25) is 5.91 Å². The molecule has 0 unspecified atom stereocenters. The second kappa shape index (κ2) is 6.65. The van der Waals surface area contributed by atoms with Crippen molar-refractivity contribution in [2.24, 2.45) is 11.8 Å². The molecule has 0 spiro atoms. The number of aliphatic carboxylic acids is 1. The molecule has 2 aliphatic rings. The number of fused-ring (bicyclic) bond motifs is 2. The largest absolute Gasteiger partial charge is 0.481 e. The first kappa shape index (κ1) is 16.4.